The molecule has 0 aliphatic rings. The molecule has 1 aromatic heterocycles. The molecule has 0 atom stereocenters. The smallest absolute Gasteiger partial charge is 0.339 e. The largest absolute Gasteiger partial charge is 0.465 e. The van der Waals surface area contributed by atoms with Crippen LogP contribution in [0.25, 0.3) is 16.5 Å². The maximum absolute atomic E-state index is 11.9. The second-order valence-electron chi connectivity index (χ2n) is 4.41. The first kappa shape index (κ1) is 13.1. The maximum Gasteiger partial charge on any atom is 0.339 e. The number of pyridine rings is 1. The van der Waals surface area contributed by atoms with E-state index < -0.39 is 0 Å². The molecule has 4 nitrogen and oxygen atoms in total. The van der Waals surface area contributed by atoms with Crippen molar-refractivity contribution in [2.75, 3.05) is 21.2 Å². The van der Waals surface area contributed by atoms with Crippen molar-refractivity contribution in [2.45, 2.75) is 0 Å². The molecule has 0 aliphatic carbocycles. The number of hydrogen-bond acceptors (Lipinski definition) is 4. The molecule has 1 heterocycles. The number of rotatable bonds is 3. The molecule has 0 amide bonds. The molecule has 0 aliphatic heterocycles. The monoisotopic (exact) mass is 256 g/mol. The molecule has 0 N–H and O–H groups in total. The van der Waals surface area contributed by atoms with Crippen molar-refractivity contribution >= 4 is 22.4 Å². The summed E-state index contributed by atoms with van der Waals surface area (Å²) in [5.41, 5.74) is 2.25. The van der Waals surface area contributed by atoms with Crippen LogP contribution in [0.5, 0.6) is 0 Å². The van der Waals surface area contributed by atoms with Crippen LogP contribution < -0.4 is 0 Å². The molecule has 98 valence electrons. The van der Waals surface area contributed by atoms with Gasteiger partial charge < -0.3 is 9.64 Å². The van der Waals surface area contributed by atoms with E-state index in [0.717, 1.165) is 16.5 Å². The van der Waals surface area contributed by atoms with Crippen molar-refractivity contribution in [1.29, 1.82) is 0 Å². The van der Waals surface area contributed by atoms with Gasteiger partial charge >= 0.3 is 5.97 Å². The normalized spacial score (nSPS) is 11.4. The first-order valence-electron chi connectivity index (χ1n) is 5.93. The zero-order valence-corrected chi connectivity index (χ0v) is 11.3. The van der Waals surface area contributed by atoms with E-state index in [4.69, 9.17) is 4.74 Å². The van der Waals surface area contributed by atoms with E-state index >= 15 is 0 Å². The highest BCUT2D eigenvalue weighted by atomic mass is 16.5. The van der Waals surface area contributed by atoms with Crippen molar-refractivity contribution in [3.63, 3.8) is 0 Å². The lowest BCUT2D eigenvalue weighted by molar-refractivity contribution is -0.133. The summed E-state index contributed by atoms with van der Waals surface area (Å²) in [5.74, 6) is -0.350. The van der Waals surface area contributed by atoms with Gasteiger partial charge in [0.2, 0.25) is 0 Å². The van der Waals surface area contributed by atoms with E-state index in [1.54, 1.807) is 12.4 Å². The fourth-order valence-electron chi connectivity index (χ4n) is 1.86. The molecule has 4 heteroatoms. The predicted octanol–water partition coefficient (Wildman–Crippen LogP) is 2.31. The molecule has 0 fully saturated rings. The number of esters is 1. The number of fused-ring (bicyclic) bond motifs is 1. The van der Waals surface area contributed by atoms with Gasteiger partial charge in [-0.05, 0) is 23.8 Å². The minimum atomic E-state index is -0.350. The fourth-order valence-corrected chi connectivity index (χ4v) is 1.86. The van der Waals surface area contributed by atoms with Gasteiger partial charge in [-0.25, -0.2) is 4.79 Å². The van der Waals surface area contributed by atoms with Gasteiger partial charge in [0.25, 0.3) is 0 Å². The Bertz CT molecular complexity index is 633. The van der Waals surface area contributed by atoms with Gasteiger partial charge in [-0.1, -0.05) is 12.1 Å². The third kappa shape index (κ3) is 2.91. The standard InChI is InChI=1S/C15H16N2O2/c1-17(2)10-13(15(18)19-3)11-6-7-14-12(9-11)5-4-8-16-14/h4-10H,1-3H3. The first-order chi connectivity index (χ1) is 9.11. The zero-order valence-electron chi connectivity index (χ0n) is 11.3. The van der Waals surface area contributed by atoms with Gasteiger partial charge in [0, 0.05) is 31.9 Å². The van der Waals surface area contributed by atoms with Crippen LogP contribution in [0, 0.1) is 0 Å². The Balaban J connectivity index is 2.53. The summed E-state index contributed by atoms with van der Waals surface area (Å²) in [6, 6.07) is 9.56. The lowest BCUT2D eigenvalue weighted by Crippen LogP contribution is -2.10. The van der Waals surface area contributed by atoms with E-state index in [1.807, 2.05) is 49.3 Å². The first-order valence-corrected chi connectivity index (χ1v) is 5.93. The number of carbonyl (C=O) groups is 1. The highest BCUT2D eigenvalue weighted by molar-refractivity contribution is 6.16. The van der Waals surface area contributed by atoms with Crippen LogP contribution >= 0.6 is 0 Å². The molecule has 2 rings (SSSR count). The van der Waals surface area contributed by atoms with Gasteiger partial charge in [-0.2, -0.15) is 0 Å². The van der Waals surface area contributed by atoms with E-state index in [9.17, 15) is 4.79 Å². The highest BCUT2D eigenvalue weighted by Gasteiger charge is 2.13. The van der Waals surface area contributed by atoms with Crippen LogP contribution in [0.1, 0.15) is 5.56 Å². The van der Waals surface area contributed by atoms with Gasteiger partial charge in [0.1, 0.15) is 0 Å². The summed E-state index contributed by atoms with van der Waals surface area (Å²) in [5, 5.41) is 0.994. The van der Waals surface area contributed by atoms with Crippen LogP contribution in [0.2, 0.25) is 0 Å². The molecule has 0 saturated carbocycles. The molecule has 2 aromatic rings. The third-order valence-corrected chi connectivity index (χ3v) is 2.71. The summed E-state index contributed by atoms with van der Waals surface area (Å²) < 4.78 is 4.83. The van der Waals surface area contributed by atoms with Crippen LogP contribution in [0.4, 0.5) is 0 Å². The number of benzene rings is 1. The summed E-state index contributed by atoms with van der Waals surface area (Å²) in [6.07, 6.45) is 3.50. The van der Waals surface area contributed by atoms with Gasteiger partial charge in [0.05, 0.1) is 18.2 Å². The average Bonchev–Trinajstić information content (AvgIpc) is 2.43. The average molecular weight is 256 g/mol. The Morgan fingerprint density at radius 2 is 2.11 bits per heavy atom. The molecule has 0 saturated heterocycles. The third-order valence-electron chi connectivity index (χ3n) is 2.71. The molecule has 0 radical (unpaired) electrons. The number of hydrogen-bond donors (Lipinski definition) is 0. The summed E-state index contributed by atoms with van der Waals surface area (Å²) in [4.78, 5) is 17.9. The Morgan fingerprint density at radius 1 is 1.32 bits per heavy atom. The van der Waals surface area contributed by atoms with Crippen molar-refractivity contribution in [3.05, 3.63) is 48.3 Å². The number of nitrogens with zero attached hydrogens (tertiary/aromatic N) is 2. The Kier molecular flexibility index (Phi) is 3.80. The molecule has 0 bridgehead atoms. The van der Waals surface area contributed by atoms with E-state index in [0.29, 0.717) is 5.57 Å². The zero-order chi connectivity index (χ0) is 13.8. The van der Waals surface area contributed by atoms with Gasteiger partial charge in [-0.3, -0.25) is 4.98 Å². The molecule has 1 aromatic carbocycles. The van der Waals surface area contributed by atoms with Crippen molar-refractivity contribution in [3.8, 4) is 0 Å². The maximum atomic E-state index is 11.9. The Morgan fingerprint density at radius 3 is 2.79 bits per heavy atom. The predicted molar refractivity (Wildman–Crippen MR) is 75.4 cm³/mol. The summed E-state index contributed by atoms with van der Waals surface area (Å²) in [7, 11) is 5.12. The quantitative estimate of drug-likeness (QED) is 0.624. The summed E-state index contributed by atoms with van der Waals surface area (Å²) >= 11 is 0. The van der Waals surface area contributed by atoms with Crippen LogP contribution in [-0.2, 0) is 9.53 Å². The highest BCUT2D eigenvalue weighted by Crippen LogP contribution is 2.21. The number of methoxy groups -OCH3 is 1. The number of carbonyl (C=O) groups excluding carboxylic acids is 1. The van der Waals surface area contributed by atoms with Gasteiger partial charge in [-0.15, -0.1) is 0 Å². The molecule has 19 heavy (non-hydrogen) atoms. The SMILES string of the molecule is COC(=O)C(=CN(C)C)c1ccc2ncccc2c1. The van der Waals surface area contributed by atoms with Crippen molar-refractivity contribution < 1.29 is 9.53 Å². The fraction of sp³-hybridized carbons (Fsp3) is 0.200. The molecular formula is C15H16N2O2. The topological polar surface area (TPSA) is 42.4 Å². The van der Waals surface area contributed by atoms with Crippen molar-refractivity contribution in [2.24, 2.45) is 0 Å². The lowest BCUT2D eigenvalue weighted by Gasteiger charge is -2.11. The second kappa shape index (κ2) is 5.52. The van der Waals surface area contributed by atoms with Crippen molar-refractivity contribution in [1.82, 2.24) is 9.88 Å². The van der Waals surface area contributed by atoms with Crippen LogP contribution in [-0.4, -0.2) is 37.1 Å². The Labute approximate surface area is 112 Å². The molecular weight excluding hydrogens is 240 g/mol. The van der Waals surface area contributed by atoms with Crippen LogP contribution in [0.15, 0.2) is 42.7 Å². The molecule has 0 unspecified atom stereocenters. The number of ether oxygens (including phenoxy) is 1. The van der Waals surface area contributed by atoms with Crippen LogP contribution in [0.3, 0.4) is 0 Å². The Hall–Kier alpha value is -2.36. The van der Waals surface area contributed by atoms with E-state index in [1.165, 1.54) is 7.11 Å². The molecule has 0 spiro atoms. The number of aromatic nitrogens is 1. The van der Waals surface area contributed by atoms with E-state index in [2.05, 4.69) is 4.98 Å². The second-order valence-corrected chi connectivity index (χ2v) is 4.41. The minimum absolute atomic E-state index is 0.350. The minimum Gasteiger partial charge on any atom is -0.465 e. The van der Waals surface area contributed by atoms with E-state index in [-0.39, 0.29) is 5.97 Å². The van der Waals surface area contributed by atoms with Gasteiger partial charge in [0.15, 0.2) is 0 Å². The lowest BCUT2D eigenvalue weighted by atomic mass is 10.0. The summed E-state index contributed by atoms with van der Waals surface area (Å²) in [6.45, 7) is 0.